The van der Waals surface area contributed by atoms with Crippen LogP contribution >= 0.6 is 0 Å². The maximum atomic E-state index is 13.3. The predicted octanol–water partition coefficient (Wildman–Crippen LogP) is -0.461. The summed E-state index contributed by atoms with van der Waals surface area (Å²) in [5, 5.41) is 19.1. The van der Waals surface area contributed by atoms with Gasteiger partial charge in [0.25, 0.3) is 0 Å². The summed E-state index contributed by atoms with van der Waals surface area (Å²) in [4.78, 5) is 63.2. The Morgan fingerprint density at radius 2 is 1.39 bits per heavy atom. The van der Waals surface area contributed by atoms with Crippen LogP contribution in [0.5, 0.6) is 0 Å². The smallest absolute Gasteiger partial charge is 0.328 e. The van der Waals surface area contributed by atoms with Gasteiger partial charge in [0.1, 0.15) is 30.8 Å². The van der Waals surface area contributed by atoms with Crippen LogP contribution in [0.25, 0.3) is 0 Å². The molecule has 41 heavy (non-hydrogen) atoms. The van der Waals surface area contributed by atoms with Gasteiger partial charge < -0.3 is 36.8 Å². The van der Waals surface area contributed by atoms with Crippen LogP contribution in [0.2, 0.25) is 0 Å². The first-order valence-electron chi connectivity index (χ1n) is 13.3. The lowest BCUT2D eigenvalue weighted by Crippen LogP contribution is -2.58. The van der Waals surface area contributed by atoms with Gasteiger partial charge in [0.2, 0.25) is 23.6 Å². The summed E-state index contributed by atoms with van der Waals surface area (Å²) >= 11 is 0. The Kier molecular flexibility index (Phi) is 13.4. The van der Waals surface area contributed by atoms with E-state index in [9.17, 15) is 24.0 Å². The molecule has 0 fully saturated rings. The van der Waals surface area contributed by atoms with Crippen molar-refractivity contribution in [2.45, 2.75) is 58.0 Å². The molecule has 222 valence electrons. The molecular weight excluding hydrogens is 530 g/mol. The number of carbonyl (C=O) groups is 5. The molecule has 0 aromatic heterocycles. The normalized spacial score (nSPS) is 13.7. The lowest BCUT2D eigenvalue weighted by atomic mass is 10.0. The van der Waals surface area contributed by atoms with E-state index in [1.54, 1.807) is 38.1 Å². The van der Waals surface area contributed by atoms with Gasteiger partial charge in [0.05, 0.1) is 13.2 Å². The summed E-state index contributed by atoms with van der Waals surface area (Å²) in [7, 11) is 0. The van der Waals surface area contributed by atoms with Gasteiger partial charge in [-0.1, -0.05) is 74.5 Å². The third-order valence-corrected chi connectivity index (χ3v) is 6.07. The zero-order valence-electron chi connectivity index (χ0n) is 23.5. The number of hydrogen-bond acceptors (Lipinski definition) is 8. The second kappa shape index (κ2) is 16.7. The SMILES string of the molecule is CC(C)[C@H](NC(=O)CNC(=O)[C@@H](N)CO)C(=O)N[C@@H](Cc1ccccc1)C(=O)N[C@@H](C)C(=O)OCc1ccccc1. The minimum atomic E-state index is -1.18. The number of aliphatic hydroxyl groups excluding tert-OH is 1. The first-order chi connectivity index (χ1) is 19.5. The molecule has 0 aliphatic heterocycles. The van der Waals surface area contributed by atoms with Gasteiger partial charge in [-0.3, -0.25) is 19.2 Å². The van der Waals surface area contributed by atoms with Crippen molar-refractivity contribution in [2.75, 3.05) is 13.2 Å². The van der Waals surface area contributed by atoms with E-state index < -0.39 is 66.9 Å². The number of hydrogen-bond donors (Lipinski definition) is 6. The third kappa shape index (κ3) is 11.4. The number of amides is 4. The van der Waals surface area contributed by atoms with Crippen LogP contribution < -0.4 is 27.0 Å². The summed E-state index contributed by atoms with van der Waals surface area (Å²) in [5.74, 6) is -3.61. The molecule has 0 heterocycles. The second-order valence-corrected chi connectivity index (χ2v) is 9.87. The van der Waals surface area contributed by atoms with Gasteiger partial charge in [-0.25, -0.2) is 4.79 Å². The van der Waals surface area contributed by atoms with E-state index in [1.165, 1.54) is 6.92 Å². The monoisotopic (exact) mass is 569 g/mol. The lowest BCUT2D eigenvalue weighted by Gasteiger charge is -2.26. The highest BCUT2D eigenvalue weighted by Crippen LogP contribution is 2.08. The summed E-state index contributed by atoms with van der Waals surface area (Å²) in [6.07, 6.45) is 0.123. The molecule has 12 heteroatoms. The maximum absolute atomic E-state index is 13.3. The fourth-order valence-corrected chi connectivity index (χ4v) is 3.69. The van der Waals surface area contributed by atoms with E-state index in [0.29, 0.717) is 0 Å². The number of ether oxygens (including phenoxy) is 1. The molecule has 0 spiro atoms. The molecule has 2 aromatic carbocycles. The molecule has 12 nitrogen and oxygen atoms in total. The van der Waals surface area contributed by atoms with Crippen molar-refractivity contribution in [1.82, 2.24) is 21.3 Å². The molecule has 0 aliphatic carbocycles. The third-order valence-electron chi connectivity index (χ3n) is 6.07. The van der Waals surface area contributed by atoms with Crippen molar-refractivity contribution >= 4 is 29.6 Å². The Morgan fingerprint density at radius 3 is 1.95 bits per heavy atom. The molecule has 4 atom stereocenters. The van der Waals surface area contributed by atoms with Crippen LogP contribution in [-0.4, -0.2) is 72.0 Å². The molecule has 0 saturated heterocycles. The fourth-order valence-electron chi connectivity index (χ4n) is 3.69. The molecular formula is C29H39N5O7. The summed E-state index contributed by atoms with van der Waals surface area (Å²) in [6, 6.07) is 13.8. The Morgan fingerprint density at radius 1 is 0.805 bits per heavy atom. The van der Waals surface area contributed by atoms with E-state index >= 15 is 0 Å². The summed E-state index contributed by atoms with van der Waals surface area (Å²) in [6.45, 7) is 3.91. The van der Waals surface area contributed by atoms with Crippen molar-refractivity contribution < 1.29 is 33.8 Å². The van der Waals surface area contributed by atoms with Crippen molar-refractivity contribution in [3.8, 4) is 0 Å². The van der Waals surface area contributed by atoms with Crippen LogP contribution in [0.15, 0.2) is 60.7 Å². The van der Waals surface area contributed by atoms with Crippen molar-refractivity contribution in [3.05, 3.63) is 71.8 Å². The maximum Gasteiger partial charge on any atom is 0.328 e. The first-order valence-corrected chi connectivity index (χ1v) is 13.3. The standard InChI is InChI=1S/C29H39N5O7/c1-18(2)25(34-24(36)15-31-26(37)22(30)16-35)28(39)33-23(14-20-10-6-4-7-11-20)27(38)32-19(3)29(40)41-17-21-12-8-5-9-13-21/h4-13,18-19,22-23,25,35H,14-17,30H2,1-3H3,(H,31,37)(H,32,38)(H,33,39)(H,34,36)/t19-,22-,23-,25-/m0/s1. The van der Waals surface area contributed by atoms with E-state index in [2.05, 4.69) is 21.3 Å². The van der Waals surface area contributed by atoms with Gasteiger partial charge in [-0.05, 0) is 24.0 Å². The largest absolute Gasteiger partial charge is 0.459 e. The van der Waals surface area contributed by atoms with Crippen molar-refractivity contribution in [1.29, 1.82) is 0 Å². The van der Waals surface area contributed by atoms with Gasteiger partial charge in [0, 0.05) is 6.42 Å². The van der Waals surface area contributed by atoms with Crippen molar-refractivity contribution in [3.63, 3.8) is 0 Å². The van der Waals surface area contributed by atoms with Crippen LogP contribution in [0.1, 0.15) is 31.9 Å². The van der Waals surface area contributed by atoms with Gasteiger partial charge in [-0.2, -0.15) is 0 Å². The molecule has 4 amide bonds. The van der Waals surface area contributed by atoms with E-state index in [4.69, 9.17) is 15.6 Å². The quantitative estimate of drug-likeness (QED) is 0.155. The number of esters is 1. The zero-order chi connectivity index (χ0) is 30.4. The van der Waals surface area contributed by atoms with Crippen molar-refractivity contribution in [2.24, 2.45) is 11.7 Å². The number of carbonyl (C=O) groups excluding carboxylic acids is 5. The Hall–Kier alpha value is -4.29. The average Bonchev–Trinajstić information content (AvgIpc) is 2.97. The molecule has 0 radical (unpaired) electrons. The first kappa shape index (κ1) is 32.9. The topological polar surface area (TPSA) is 189 Å². The molecule has 2 rings (SSSR count). The van der Waals surface area contributed by atoms with Gasteiger partial charge in [0.15, 0.2) is 0 Å². The number of aliphatic hydroxyl groups is 1. The predicted molar refractivity (Wildman–Crippen MR) is 151 cm³/mol. The van der Waals surface area contributed by atoms with Gasteiger partial charge in [-0.15, -0.1) is 0 Å². The second-order valence-electron chi connectivity index (χ2n) is 9.87. The molecule has 0 unspecified atom stereocenters. The molecule has 2 aromatic rings. The highest BCUT2D eigenvalue weighted by Gasteiger charge is 2.30. The highest BCUT2D eigenvalue weighted by atomic mass is 16.5. The number of nitrogens with one attached hydrogen (secondary N) is 4. The van der Waals surface area contributed by atoms with Gasteiger partial charge >= 0.3 is 5.97 Å². The molecule has 0 aliphatic rings. The van der Waals surface area contributed by atoms with E-state index in [0.717, 1.165) is 11.1 Å². The summed E-state index contributed by atoms with van der Waals surface area (Å²) < 4.78 is 5.30. The van der Waals surface area contributed by atoms with E-state index in [1.807, 2.05) is 36.4 Å². The lowest BCUT2D eigenvalue weighted by molar-refractivity contribution is -0.148. The number of benzene rings is 2. The Balaban J connectivity index is 2.07. The summed E-state index contributed by atoms with van der Waals surface area (Å²) in [5.41, 5.74) is 6.98. The van der Waals surface area contributed by atoms with Crippen LogP contribution in [-0.2, 0) is 41.7 Å². The molecule has 0 bridgehead atoms. The van der Waals surface area contributed by atoms with Crippen LogP contribution in [0, 0.1) is 5.92 Å². The minimum Gasteiger partial charge on any atom is -0.459 e. The zero-order valence-corrected chi connectivity index (χ0v) is 23.5. The van der Waals surface area contributed by atoms with Crippen LogP contribution in [0.4, 0.5) is 0 Å². The van der Waals surface area contributed by atoms with Crippen LogP contribution in [0.3, 0.4) is 0 Å². The molecule has 7 N–H and O–H groups in total. The molecule has 0 saturated carbocycles. The fraction of sp³-hybridized carbons (Fsp3) is 0.414. The average molecular weight is 570 g/mol. The Labute approximate surface area is 239 Å². The highest BCUT2D eigenvalue weighted by molar-refractivity contribution is 5.94. The number of rotatable bonds is 15. The minimum absolute atomic E-state index is 0.0478. The number of nitrogens with two attached hydrogens (primary N) is 1. The Bertz CT molecular complexity index is 1160. The van der Waals surface area contributed by atoms with E-state index in [-0.39, 0.29) is 18.9 Å².